The Morgan fingerprint density at radius 1 is 0.343 bits per heavy atom. The van der Waals surface area contributed by atoms with Crippen LogP contribution in [0.4, 0.5) is 0 Å². The fourth-order valence-electron chi connectivity index (χ4n) is 3.72. The highest BCUT2D eigenvalue weighted by Gasteiger charge is 1.97. The fourth-order valence-corrected chi connectivity index (χ4v) is 3.72. The number of hydrogen-bond acceptors (Lipinski definition) is 6. The maximum Gasteiger partial charge on any atom is 0.0703 e. The lowest BCUT2D eigenvalue weighted by Crippen LogP contribution is -2.14. The summed E-state index contributed by atoms with van der Waals surface area (Å²) in [6, 6.07) is 0. The summed E-state index contributed by atoms with van der Waals surface area (Å²) in [6.07, 6.45) is 19.7. The molecule has 0 fully saturated rings. The summed E-state index contributed by atoms with van der Waals surface area (Å²) in [5.74, 6) is 0. The minimum atomic E-state index is 0.252. The van der Waals surface area contributed by atoms with Crippen LogP contribution in [-0.2, 0) is 28.4 Å². The number of ether oxygens (including phenoxy) is 6. The molecule has 0 saturated heterocycles. The van der Waals surface area contributed by atoms with E-state index in [4.69, 9.17) is 28.4 Å². The molecule has 0 saturated carbocycles. The molecule has 6 heteroatoms. The van der Waals surface area contributed by atoms with Crippen LogP contribution in [0.3, 0.4) is 0 Å². The summed E-state index contributed by atoms with van der Waals surface area (Å²) in [5, 5.41) is 0. The zero-order chi connectivity index (χ0) is 25.5. The molecule has 212 valence electrons. The average Bonchev–Trinajstić information content (AvgIpc) is 2.85. The molecule has 0 aliphatic carbocycles. The van der Waals surface area contributed by atoms with Gasteiger partial charge in [0.1, 0.15) is 0 Å². The van der Waals surface area contributed by atoms with Crippen molar-refractivity contribution in [3.05, 3.63) is 0 Å². The van der Waals surface area contributed by atoms with Crippen LogP contribution in [-0.4, -0.2) is 78.8 Å². The second-order valence-electron chi connectivity index (χ2n) is 9.58. The highest BCUT2D eigenvalue weighted by atomic mass is 16.6. The average molecular weight is 505 g/mol. The van der Waals surface area contributed by atoms with Crippen molar-refractivity contribution in [3.63, 3.8) is 0 Å². The Morgan fingerprint density at radius 2 is 0.629 bits per heavy atom. The third-order valence-electron chi connectivity index (χ3n) is 5.81. The van der Waals surface area contributed by atoms with E-state index < -0.39 is 0 Å². The van der Waals surface area contributed by atoms with E-state index in [9.17, 15) is 0 Å². The van der Waals surface area contributed by atoms with Crippen LogP contribution in [0.2, 0.25) is 0 Å². The monoisotopic (exact) mass is 504 g/mol. The Hall–Kier alpha value is -0.240. The predicted molar refractivity (Wildman–Crippen MR) is 145 cm³/mol. The van der Waals surface area contributed by atoms with Gasteiger partial charge in [0.15, 0.2) is 0 Å². The third-order valence-corrected chi connectivity index (χ3v) is 5.81. The van der Waals surface area contributed by atoms with E-state index in [0.29, 0.717) is 66.1 Å². The molecule has 0 aliphatic rings. The first-order valence-corrected chi connectivity index (χ1v) is 14.8. The maximum atomic E-state index is 5.65. The number of unbranched alkanes of at least 4 members (excludes halogenated alkanes) is 13. The smallest absolute Gasteiger partial charge is 0.0703 e. The SMILES string of the molecule is CCCCCCCCCCCCCCCCOCCOCCOCCOCCOCCOC(C)C. The van der Waals surface area contributed by atoms with Gasteiger partial charge in [-0.25, -0.2) is 0 Å². The quantitative estimate of drug-likeness (QED) is 0.0950. The molecule has 0 heterocycles. The topological polar surface area (TPSA) is 55.4 Å². The first kappa shape index (κ1) is 34.8. The van der Waals surface area contributed by atoms with Crippen molar-refractivity contribution >= 4 is 0 Å². The minimum Gasteiger partial charge on any atom is -0.379 e. The molecular weight excluding hydrogens is 444 g/mol. The lowest BCUT2D eigenvalue weighted by Gasteiger charge is -2.09. The second kappa shape index (κ2) is 31.8. The van der Waals surface area contributed by atoms with Gasteiger partial charge in [-0.05, 0) is 20.3 Å². The zero-order valence-electron chi connectivity index (χ0n) is 23.7. The summed E-state index contributed by atoms with van der Waals surface area (Å²) in [4.78, 5) is 0. The zero-order valence-corrected chi connectivity index (χ0v) is 23.7. The summed E-state index contributed by atoms with van der Waals surface area (Å²) in [5.41, 5.74) is 0. The highest BCUT2D eigenvalue weighted by Crippen LogP contribution is 2.12. The highest BCUT2D eigenvalue weighted by molar-refractivity contribution is 4.49. The summed E-state index contributed by atoms with van der Waals surface area (Å²) in [6.45, 7) is 13.2. The van der Waals surface area contributed by atoms with Crippen LogP contribution in [0.15, 0.2) is 0 Å². The third kappa shape index (κ3) is 33.8. The molecule has 0 N–H and O–H groups in total. The van der Waals surface area contributed by atoms with Crippen molar-refractivity contribution in [3.8, 4) is 0 Å². The van der Waals surface area contributed by atoms with E-state index in [1.807, 2.05) is 13.8 Å². The van der Waals surface area contributed by atoms with Gasteiger partial charge >= 0.3 is 0 Å². The number of hydrogen-bond donors (Lipinski definition) is 0. The predicted octanol–water partition coefficient (Wildman–Crippen LogP) is 6.98. The molecule has 0 aromatic carbocycles. The van der Waals surface area contributed by atoms with Gasteiger partial charge in [0, 0.05) is 6.61 Å². The van der Waals surface area contributed by atoms with Gasteiger partial charge < -0.3 is 28.4 Å². The molecular formula is C29H60O6. The van der Waals surface area contributed by atoms with Crippen molar-refractivity contribution in [2.45, 2.75) is 117 Å². The van der Waals surface area contributed by atoms with E-state index in [2.05, 4.69) is 6.92 Å². The van der Waals surface area contributed by atoms with E-state index >= 15 is 0 Å². The van der Waals surface area contributed by atoms with Crippen LogP contribution in [0.5, 0.6) is 0 Å². The van der Waals surface area contributed by atoms with E-state index in [1.54, 1.807) is 0 Å². The van der Waals surface area contributed by atoms with E-state index in [1.165, 1.54) is 83.5 Å². The van der Waals surface area contributed by atoms with Crippen molar-refractivity contribution in [2.75, 3.05) is 72.7 Å². The first-order chi connectivity index (χ1) is 17.3. The molecule has 0 aromatic rings. The van der Waals surface area contributed by atoms with Gasteiger partial charge in [-0.1, -0.05) is 90.4 Å². The molecule has 0 spiro atoms. The maximum absolute atomic E-state index is 5.65. The van der Waals surface area contributed by atoms with Gasteiger partial charge in [-0.2, -0.15) is 0 Å². The molecule has 0 bridgehead atoms. The van der Waals surface area contributed by atoms with Gasteiger partial charge in [-0.3, -0.25) is 0 Å². The van der Waals surface area contributed by atoms with Crippen LogP contribution in [0.1, 0.15) is 111 Å². The molecule has 0 aromatic heterocycles. The van der Waals surface area contributed by atoms with Crippen molar-refractivity contribution in [2.24, 2.45) is 0 Å². The normalized spacial score (nSPS) is 11.7. The van der Waals surface area contributed by atoms with E-state index in [0.717, 1.165) is 13.0 Å². The Bertz CT molecular complexity index is 367. The fraction of sp³-hybridized carbons (Fsp3) is 1.00. The largest absolute Gasteiger partial charge is 0.379 e. The van der Waals surface area contributed by atoms with Gasteiger partial charge in [0.2, 0.25) is 0 Å². The number of rotatable bonds is 31. The Balaban J connectivity index is 3.01. The van der Waals surface area contributed by atoms with Crippen LogP contribution in [0.25, 0.3) is 0 Å². The molecule has 0 amide bonds. The second-order valence-corrected chi connectivity index (χ2v) is 9.58. The Kier molecular flexibility index (Phi) is 31.6. The van der Waals surface area contributed by atoms with Gasteiger partial charge in [-0.15, -0.1) is 0 Å². The molecule has 0 rings (SSSR count). The molecule has 6 nitrogen and oxygen atoms in total. The van der Waals surface area contributed by atoms with E-state index in [-0.39, 0.29) is 6.10 Å². The molecule has 0 unspecified atom stereocenters. The standard InChI is InChI=1S/C29H60O6/c1-4-5-6-7-8-9-10-11-12-13-14-15-16-17-18-30-19-20-31-21-22-32-23-24-33-25-26-34-27-28-35-29(2)3/h29H,4-28H2,1-3H3. The molecule has 35 heavy (non-hydrogen) atoms. The Labute approximate surface area is 218 Å². The van der Waals surface area contributed by atoms with Crippen LogP contribution >= 0.6 is 0 Å². The first-order valence-electron chi connectivity index (χ1n) is 14.8. The minimum absolute atomic E-state index is 0.252. The summed E-state index contributed by atoms with van der Waals surface area (Å²) < 4.78 is 32.9. The van der Waals surface area contributed by atoms with Crippen molar-refractivity contribution < 1.29 is 28.4 Å². The summed E-state index contributed by atoms with van der Waals surface area (Å²) in [7, 11) is 0. The summed E-state index contributed by atoms with van der Waals surface area (Å²) >= 11 is 0. The van der Waals surface area contributed by atoms with Crippen LogP contribution < -0.4 is 0 Å². The van der Waals surface area contributed by atoms with Gasteiger partial charge in [0.05, 0.1) is 72.2 Å². The van der Waals surface area contributed by atoms with Crippen molar-refractivity contribution in [1.29, 1.82) is 0 Å². The lowest BCUT2D eigenvalue weighted by atomic mass is 10.0. The van der Waals surface area contributed by atoms with Crippen LogP contribution in [0, 0.1) is 0 Å². The lowest BCUT2D eigenvalue weighted by molar-refractivity contribution is -0.0213. The molecule has 0 atom stereocenters. The van der Waals surface area contributed by atoms with Gasteiger partial charge in [0.25, 0.3) is 0 Å². The molecule has 0 radical (unpaired) electrons. The van der Waals surface area contributed by atoms with Crippen molar-refractivity contribution in [1.82, 2.24) is 0 Å². The molecule has 0 aliphatic heterocycles. The Morgan fingerprint density at radius 3 is 0.971 bits per heavy atom.